The fourth-order valence-corrected chi connectivity index (χ4v) is 2.58. The Balaban J connectivity index is 1.87. The number of halogens is 2. The minimum Gasteiger partial charge on any atom is -0.378 e. The summed E-state index contributed by atoms with van der Waals surface area (Å²) in [5, 5.41) is 11.3. The Morgan fingerprint density at radius 3 is 2.95 bits per heavy atom. The molecule has 0 amide bonds. The number of hydrogen-bond acceptors (Lipinski definition) is 2. The summed E-state index contributed by atoms with van der Waals surface area (Å²) in [5.74, 6) is -0.212. The standard InChI is InChI=1S/C15H13BrFN3/c1-9(13-6-11(16)3-5-14(13)17)19-12-4-2-10-8-18-20-15(10)7-12/h2-9,19H,1H3,(H,18,20). The van der Waals surface area contributed by atoms with E-state index >= 15 is 0 Å². The maximum Gasteiger partial charge on any atom is 0.128 e. The van der Waals surface area contributed by atoms with Crippen molar-refractivity contribution in [3.05, 3.63) is 58.4 Å². The van der Waals surface area contributed by atoms with Crippen LogP contribution in [0.25, 0.3) is 10.9 Å². The zero-order valence-corrected chi connectivity index (χ0v) is 12.4. The third-order valence-corrected chi connectivity index (χ3v) is 3.74. The molecular weight excluding hydrogens is 321 g/mol. The van der Waals surface area contributed by atoms with E-state index in [2.05, 4.69) is 31.4 Å². The van der Waals surface area contributed by atoms with Gasteiger partial charge >= 0.3 is 0 Å². The molecule has 1 unspecified atom stereocenters. The Morgan fingerprint density at radius 1 is 1.25 bits per heavy atom. The number of aromatic nitrogens is 2. The van der Waals surface area contributed by atoms with Crippen LogP contribution in [0.2, 0.25) is 0 Å². The SMILES string of the molecule is CC(Nc1ccc2cn[nH]c2c1)c1cc(Br)ccc1F. The molecule has 0 aliphatic rings. The van der Waals surface area contributed by atoms with Crippen molar-refractivity contribution >= 4 is 32.5 Å². The van der Waals surface area contributed by atoms with Gasteiger partial charge in [0.15, 0.2) is 0 Å². The summed E-state index contributed by atoms with van der Waals surface area (Å²) in [4.78, 5) is 0. The molecule has 3 rings (SSSR count). The average molecular weight is 334 g/mol. The van der Waals surface area contributed by atoms with Gasteiger partial charge in [0, 0.05) is 21.1 Å². The minimum atomic E-state index is -0.212. The number of fused-ring (bicyclic) bond motifs is 1. The molecular formula is C15H13BrFN3. The van der Waals surface area contributed by atoms with Gasteiger partial charge < -0.3 is 5.32 Å². The maximum atomic E-state index is 13.8. The molecule has 2 aromatic carbocycles. The van der Waals surface area contributed by atoms with E-state index in [1.807, 2.05) is 25.1 Å². The summed E-state index contributed by atoms with van der Waals surface area (Å²) in [6.45, 7) is 1.93. The predicted octanol–water partition coefficient (Wildman–Crippen LogP) is 4.64. The first-order chi connectivity index (χ1) is 9.63. The van der Waals surface area contributed by atoms with Gasteiger partial charge in [0.1, 0.15) is 5.82 Å². The van der Waals surface area contributed by atoms with E-state index in [1.165, 1.54) is 6.07 Å². The van der Waals surface area contributed by atoms with Crippen molar-refractivity contribution in [1.82, 2.24) is 10.2 Å². The number of anilines is 1. The molecule has 5 heteroatoms. The summed E-state index contributed by atoms with van der Waals surface area (Å²) >= 11 is 3.37. The Labute approximate surface area is 124 Å². The molecule has 0 bridgehead atoms. The molecule has 0 spiro atoms. The van der Waals surface area contributed by atoms with Crippen molar-refractivity contribution in [1.29, 1.82) is 0 Å². The maximum absolute atomic E-state index is 13.8. The molecule has 0 aliphatic heterocycles. The van der Waals surface area contributed by atoms with Crippen LogP contribution in [0.1, 0.15) is 18.5 Å². The Hall–Kier alpha value is -1.88. The van der Waals surface area contributed by atoms with Gasteiger partial charge in [-0.25, -0.2) is 4.39 Å². The van der Waals surface area contributed by atoms with Gasteiger partial charge in [0.05, 0.1) is 17.8 Å². The molecule has 0 fully saturated rings. The first-order valence-corrected chi connectivity index (χ1v) is 7.07. The van der Waals surface area contributed by atoms with E-state index in [0.717, 1.165) is 21.1 Å². The molecule has 1 aromatic heterocycles. The van der Waals surface area contributed by atoms with E-state index in [0.29, 0.717) is 5.56 Å². The fraction of sp³-hybridized carbons (Fsp3) is 0.133. The lowest BCUT2D eigenvalue weighted by atomic mass is 10.1. The highest BCUT2D eigenvalue weighted by molar-refractivity contribution is 9.10. The molecule has 0 radical (unpaired) electrons. The second-order valence-corrected chi connectivity index (χ2v) is 5.62. The smallest absolute Gasteiger partial charge is 0.128 e. The van der Waals surface area contributed by atoms with Gasteiger partial charge in [-0.1, -0.05) is 15.9 Å². The molecule has 0 saturated carbocycles. The highest BCUT2D eigenvalue weighted by Crippen LogP contribution is 2.26. The second-order valence-electron chi connectivity index (χ2n) is 4.70. The highest BCUT2D eigenvalue weighted by atomic mass is 79.9. The lowest BCUT2D eigenvalue weighted by molar-refractivity contribution is 0.600. The molecule has 3 nitrogen and oxygen atoms in total. The summed E-state index contributed by atoms with van der Waals surface area (Å²) in [6, 6.07) is 10.7. The van der Waals surface area contributed by atoms with Crippen LogP contribution in [0.15, 0.2) is 47.1 Å². The molecule has 3 aromatic rings. The van der Waals surface area contributed by atoms with Gasteiger partial charge in [-0.2, -0.15) is 5.10 Å². The predicted molar refractivity (Wildman–Crippen MR) is 82.2 cm³/mol. The Morgan fingerprint density at radius 2 is 2.10 bits per heavy atom. The molecule has 0 saturated heterocycles. The van der Waals surface area contributed by atoms with Gasteiger partial charge in [-0.3, -0.25) is 5.10 Å². The second kappa shape index (κ2) is 5.25. The Bertz CT molecular complexity index is 754. The first kappa shape index (κ1) is 13.1. The van der Waals surface area contributed by atoms with Crippen LogP contribution < -0.4 is 5.32 Å². The molecule has 2 N–H and O–H groups in total. The number of H-pyrrole nitrogens is 1. The number of rotatable bonds is 3. The first-order valence-electron chi connectivity index (χ1n) is 6.28. The number of nitrogens with zero attached hydrogens (tertiary/aromatic N) is 1. The van der Waals surface area contributed by atoms with E-state index in [9.17, 15) is 4.39 Å². The quantitative estimate of drug-likeness (QED) is 0.733. The lowest BCUT2D eigenvalue weighted by Gasteiger charge is -2.16. The third-order valence-electron chi connectivity index (χ3n) is 3.25. The van der Waals surface area contributed by atoms with E-state index < -0.39 is 0 Å². The normalized spacial score (nSPS) is 12.6. The van der Waals surface area contributed by atoms with Crippen molar-refractivity contribution in [2.45, 2.75) is 13.0 Å². The van der Waals surface area contributed by atoms with Crippen molar-refractivity contribution in [2.75, 3.05) is 5.32 Å². The third kappa shape index (κ3) is 2.54. The zero-order chi connectivity index (χ0) is 14.1. The summed E-state index contributed by atoms with van der Waals surface area (Å²) < 4.78 is 14.7. The zero-order valence-electron chi connectivity index (χ0n) is 10.8. The fourth-order valence-electron chi connectivity index (χ4n) is 2.20. The molecule has 20 heavy (non-hydrogen) atoms. The van der Waals surface area contributed by atoms with Gasteiger partial charge in [0.25, 0.3) is 0 Å². The van der Waals surface area contributed by atoms with Gasteiger partial charge in [-0.15, -0.1) is 0 Å². The average Bonchev–Trinajstić information content (AvgIpc) is 2.89. The highest BCUT2D eigenvalue weighted by Gasteiger charge is 2.11. The van der Waals surface area contributed by atoms with Crippen molar-refractivity contribution in [3.8, 4) is 0 Å². The molecule has 102 valence electrons. The van der Waals surface area contributed by atoms with Crippen LogP contribution in [-0.4, -0.2) is 10.2 Å². The minimum absolute atomic E-state index is 0.132. The van der Waals surface area contributed by atoms with Gasteiger partial charge in [-0.05, 0) is 43.3 Å². The van der Waals surface area contributed by atoms with Crippen LogP contribution in [0.5, 0.6) is 0 Å². The van der Waals surface area contributed by atoms with Crippen molar-refractivity contribution < 1.29 is 4.39 Å². The van der Waals surface area contributed by atoms with Crippen LogP contribution >= 0.6 is 15.9 Å². The number of benzene rings is 2. The number of nitrogens with one attached hydrogen (secondary N) is 2. The molecule has 0 aliphatic carbocycles. The molecule has 1 atom stereocenters. The van der Waals surface area contributed by atoms with Crippen LogP contribution in [0, 0.1) is 5.82 Å². The topological polar surface area (TPSA) is 40.7 Å². The summed E-state index contributed by atoms with van der Waals surface area (Å²) in [5.41, 5.74) is 2.51. The number of aromatic amines is 1. The Kier molecular flexibility index (Phi) is 3.44. The lowest BCUT2D eigenvalue weighted by Crippen LogP contribution is -2.08. The summed E-state index contributed by atoms with van der Waals surface area (Å²) in [6.07, 6.45) is 1.77. The largest absolute Gasteiger partial charge is 0.378 e. The van der Waals surface area contributed by atoms with Crippen LogP contribution in [0.3, 0.4) is 0 Å². The van der Waals surface area contributed by atoms with E-state index in [1.54, 1.807) is 18.3 Å². The van der Waals surface area contributed by atoms with E-state index in [-0.39, 0.29) is 11.9 Å². The van der Waals surface area contributed by atoms with Gasteiger partial charge in [0.2, 0.25) is 0 Å². The van der Waals surface area contributed by atoms with Crippen molar-refractivity contribution in [3.63, 3.8) is 0 Å². The number of hydrogen-bond donors (Lipinski definition) is 2. The van der Waals surface area contributed by atoms with E-state index in [4.69, 9.17) is 0 Å². The monoisotopic (exact) mass is 333 g/mol. The summed E-state index contributed by atoms with van der Waals surface area (Å²) in [7, 11) is 0. The van der Waals surface area contributed by atoms with Crippen molar-refractivity contribution in [2.24, 2.45) is 0 Å². The molecule has 1 heterocycles. The van der Waals surface area contributed by atoms with Crippen LogP contribution in [-0.2, 0) is 0 Å². The van der Waals surface area contributed by atoms with Crippen LogP contribution in [0.4, 0.5) is 10.1 Å².